The number of benzene rings is 2. The maximum Gasteiger partial charge on any atom is 0.321 e. The van der Waals surface area contributed by atoms with Gasteiger partial charge >= 0.3 is 6.03 Å². The number of aliphatic hydroxyl groups excluding tert-OH is 2. The number of carbonyl (C=O) groups excluding carboxylic acids is 1. The Morgan fingerprint density at radius 2 is 1.75 bits per heavy atom. The highest BCUT2D eigenvalue weighted by Gasteiger charge is 2.51. The molecule has 5 atom stereocenters. The minimum Gasteiger partial charge on any atom is -0.497 e. The molecule has 2 heterocycles. The van der Waals surface area contributed by atoms with E-state index in [1.54, 1.807) is 36.3 Å². The zero-order valence-corrected chi connectivity index (χ0v) is 19.5. The van der Waals surface area contributed by atoms with Crippen LogP contribution in [0.25, 0.3) is 0 Å². The molecule has 0 unspecified atom stereocenters. The smallest absolute Gasteiger partial charge is 0.321 e. The Bertz CT molecular complexity index is 927. The van der Waals surface area contributed by atoms with Crippen LogP contribution in [0.2, 0.25) is 0 Å². The molecule has 5 N–H and O–H groups in total. The molecule has 0 spiro atoms. The first kappa shape index (κ1) is 23.0. The van der Waals surface area contributed by atoms with E-state index in [0.29, 0.717) is 31.1 Å². The number of nitrogens with zero attached hydrogens (tertiary/aromatic N) is 2. The van der Waals surface area contributed by atoms with E-state index in [2.05, 4.69) is 38.3 Å². The van der Waals surface area contributed by atoms with Crippen LogP contribution in [0, 0.1) is 0 Å². The number of anilines is 1. The largest absolute Gasteiger partial charge is 0.497 e. The molecule has 2 aromatic carbocycles. The second-order valence-electron chi connectivity index (χ2n) is 8.34. The lowest BCUT2D eigenvalue weighted by Gasteiger charge is -2.58. The van der Waals surface area contributed by atoms with Crippen LogP contribution < -0.4 is 15.8 Å². The van der Waals surface area contributed by atoms with Gasteiger partial charge in [0.15, 0.2) is 0 Å². The molecule has 0 aromatic heterocycles. The normalized spacial score (nSPS) is 28.2. The number of β-amino-alcohol motifs (C(OH)–C–C–N with tert-alkyl or cyclic N) is 1. The molecule has 8 nitrogen and oxygen atoms in total. The minimum absolute atomic E-state index is 0.00603. The minimum atomic E-state index is -1.04. The van der Waals surface area contributed by atoms with Crippen LogP contribution in [0.15, 0.2) is 53.0 Å². The Hall–Kier alpha value is -2.17. The van der Waals surface area contributed by atoms with E-state index in [0.717, 1.165) is 10.0 Å². The second-order valence-corrected chi connectivity index (χ2v) is 9.26. The lowest BCUT2D eigenvalue weighted by Crippen LogP contribution is -2.71. The van der Waals surface area contributed by atoms with Gasteiger partial charge in [0.1, 0.15) is 5.75 Å². The molecule has 0 bridgehead atoms. The van der Waals surface area contributed by atoms with Gasteiger partial charge in [-0.1, -0.05) is 28.1 Å². The molecule has 9 heteroatoms. The summed E-state index contributed by atoms with van der Waals surface area (Å²) in [5.74, 6) is 0.829. The molecule has 172 valence electrons. The van der Waals surface area contributed by atoms with Gasteiger partial charge in [-0.3, -0.25) is 4.90 Å². The number of fused-ring (bicyclic) bond motifs is 1. The number of carbonyl (C=O) groups is 1. The first-order valence-corrected chi connectivity index (χ1v) is 11.5. The number of amides is 2. The lowest BCUT2D eigenvalue weighted by molar-refractivity contribution is -0.0988. The second kappa shape index (κ2) is 9.76. The monoisotopic (exact) mass is 504 g/mol. The number of hydrogen-bond acceptors (Lipinski definition) is 6. The number of aliphatic hydroxyl groups is 2. The summed E-state index contributed by atoms with van der Waals surface area (Å²) in [5.41, 5.74) is 7.87. The van der Waals surface area contributed by atoms with Gasteiger partial charge in [-0.2, -0.15) is 0 Å². The Kier molecular flexibility index (Phi) is 7.02. The van der Waals surface area contributed by atoms with Crippen molar-refractivity contribution >= 4 is 27.6 Å². The molecule has 2 saturated heterocycles. The van der Waals surface area contributed by atoms with Gasteiger partial charge in [-0.15, -0.1) is 0 Å². The standard InChI is InChI=1S/C23H29BrN4O4/c1-32-17-8-6-16(7-9-17)26-23(31)27-11-19-22(14-2-4-15(24)5-3-14)18(10-25)28(19)13-21(30)20(29)12-27/h2-9,18-22,29-30H,10-13,25H2,1H3,(H,26,31)/t18-,19+,20-,21+,22+/m1/s1. The number of halogens is 1. The van der Waals surface area contributed by atoms with Crippen molar-refractivity contribution in [2.24, 2.45) is 5.73 Å². The molecule has 32 heavy (non-hydrogen) atoms. The molecule has 2 aliphatic heterocycles. The SMILES string of the molecule is COc1ccc(NC(=O)N2C[C@@H](O)[C@@H](O)CN3[C@H](CN)[C@H](c4ccc(Br)cc4)[C@@H]3C2)cc1. The molecule has 2 aliphatic rings. The number of hydrogen-bond donors (Lipinski definition) is 4. The van der Waals surface area contributed by atoms with Crippen LogP contribution >= 0.6 is 15.9 Å². The molecule has 2 amide bonds. The third kappa shape index (κ3) is 4.62. The van der Waals surface area contributed by atoms with Crippen LogP contribution in [-0.4, -0.2) is 83.6 Å². The summed E-state index contributed by atoms with van der Waals surface area (Å²) >= 11 is 3.48. The summed E-state index contributed by atoms with van der Waals surface area (Å²) in [4.78, 5) is 16.8. The molecule has 0 saturated carbocycles. The quantitative estimate of drug-likeness (QED) is 0.505. The maximum absolute atomic E-state index is 13.1. The van der Waals surface area contributed by atoms with Gasteiger partial charge in [0.2, 0.25) is 0 Å². The summed E-state index contributed by atoms with van der Waals surface area (Å²) in [6, 6.07) is 14.9. The van der Waals surface area contributed by atoms with Crippen molar-refractivity contribution < 1.29 is 19.7 Å². The summed E-state index contributed by atoms with van der Waals surface area (Å²) in [6.45, 7) is 1.23. The van der Waals surface area contributed by atoms with Gasteiger partial charge in [0.25, 0.3) is 0 Å². The summed E-state index contributed by atoms with van der Waals surface area (Å²) in [6.07, 6.45) is -2.00. The number of nitrogens with two attached hydrogens (primary N) is 1. The zero-order chi connectivity index (χ0) is 22.8. The van der Waals surface area contributed by atoms with Crippen LogP contribution in [0.4, 0.5) is 10.5 Å². The molecule has 0 radical (unpaired) electrons. The highest BCUT2D eigenvalue weighted by atomic mass is 79.9. The molecule has 4 rings (SSSR count). The predicted octanol–water partition coefficient (Wildman–Crippen LogP) is 1.82. The van der Waals surface area contributed by atoms with Gasteiger partial charge < -0.3 is 30.9 Å². The fraction of sp³-hybridized carbons (Fsp3) is 0.435. The van der Waals surface area contributed by atoms with Crippen molar-refractivity contribution in [2.75, 3.05) is 38.6 Å². The summed E-state index contributed by atoms with van der Waals surface area (Å²) in [5, 5.41) is 23.9. The first-order chi connectivity index (χ1) is 15.4. The third-order valence-electron chi connectivity index (χ3n) is 6.46. The van der Waals surface area contributed by atoms with Gasteiger partial charge in [-0.05, 0) is 42.0 Å². The van der Waals surface area contributed by atoms with E-state index >= 15 is 0 Å². The fourth-order valence-corrected chi connectivity index (χ4v) is 5.01. The van der Waals surface area contributed by atoms with Crippen molar-refractivity contribution in [3.05, 3.63) is 58.6 Å². The first-order valence-electron chi connectivity index (χ1n) is 10.7. The molecule has 2 fully saturated rings. The van der Waals surface area contributed by atoms with Gasteiger partial charge in [0, 0.05) is 47.8 Å². The number of rotatable bonds is 4. The molecular formula is C23H29BrN4O4. The van der Waals surface area contributed by atoms with E-state index < -0.39 is 12.2 Å². The Labute approximate surface area is 196 Å². The molecule has 2 aromatic rings. The Morgan fingerprint density at radius 3 is 2.38 bits per heavy atom. The lowest BCUT2D eigenvalue weighted by atomic mass is 9.74. The molecular weight excluding hydrogens is 476 g/mol. The van der Waals surface area contributed by atoms with Gasteiger partial charge in [-0.25, -0.2) is 4.79 Å². The summed E-state index contributed by atoms with van der Waals surface area (Å²) < 4.78 is 6.16. The fourth-order valence-electron chi connectivity index (χ4n) is 4.74. The topological polar surface area (TPSA) is 111 Å². The van der Waals surface area contributed by atoms with E-state index in [1.165, 1.54) is 0 Å². The maximum atomic E-state index is 13.1. The van der Waals surface area contributed by atoms with Crippen molar-refractivity contribution in [2.45, 2.75) is 30.2 Å². The predicted molar refractivity (Wildman–Crippen MR) is 126 cm³/mol. The number of methoxy groups -OCH3 is 1. The number of urea groups is 1. The highest BCUT2D eigenvalue weighted by Crippen LogP contribution is 2.42. The van der Waals surface area contributed by atoms with Crippen LogP contribution in [0.5, 0.6) is 5.75 Å². The highest BCUT2D eigenvalue weighted by molar-refractivity contribution is 9.10. The molecule has 0 aliphatic carbocycles. The van der Waals surface area contributed by atoms with Crippen LogP contribution in [-0.2, 0) is 0 Å². The number of ether oxygens (including phenoxy) is 1. The Balaban J connectivity index is 1.56. The average Bonchev–Trinajstić information content (AvgIpc) is 2.79. The van der Waals surface area contributed by atoms with Crippen molar-refractivity contribution in [3.63, 3.8) is 0 Å². The van der Waals surface area contributed by atoms with E-state index in [-0.39, 0.29) is 30.6 Å². The number of nitrogens with one attached hydrogen (secondary N) is 1. The third-order valence-corrected chi connectivity index (χ3v) is 6.99. The zero-order valence-electron chi connectivity index (χ0n) is 17.9. The van der Waals surface area contributed by atoms with Crippen LogP contribution in [0.3, 0.4) is 0 Å². The van der Waals surface area contributed by atoms with Crippen molar-refractivity contribution in [3.8, 4) is 5.75 Å². The van der Waals surface area contributed by atoms with Gasteiger partial charge in [0.05, 0.1) is 25.9 Å². The van der Waals surface area contributed by atoms with E-state index in [4.69, 9.17) is 10.5 Å². The van der Waals surface area contributed by atoms with E-state index in [1.807, 2.05) is 12.1 Å². The average molecular weight is 505 g/mol. The van der Waals surface area contributed by atoms with Crippen molar-refractivity contribution in [1.82, 2.24) is 9.80 Å². The Morgan fingerprint density at radius 1 is 1.09 bits per heavy atom. The van der Waals surface area contributed by atoms with Crippen molar-refractivity contribution in [1.29, 1.82) is 0 Å². The summed E-state index contributed by atoms with van der Waals surface area (Å²) in [7, 11) is 1.58. The van der Waals surface area contributed by atoms with E-state index in [9.17, 15) is 15.0 Å². The van der Waals surface area contributed by atoms with Crippen LogP contribution in [0.1, 0.15) is 11.5 Å².